The molecule has 0 bridgehead atoms. The number of para-hydroxylation sites is 1. The standard InChI is InChI=1S/C19H21F2N3O3/c20-18(21)27-16-8-6-14(7-9-16)10-12-22-17(25)11-13-23-19(26)24-15-4-2-1-3-5-15/h1-9,18H,10-13H2,(H,22,25)(H2,23,24,26). The third-order valence-corrected chi connectivity index (χ3v) is 3.55. The Balaban J connectivity index is 1.58. The molecule has 0 aromatic heterocycles. The number of rotatable bonds is 9. The molecule has 2 aromatic rings. The molecule has 0 spiro atoms. The van der Waals surface area contributed by atoms with E-state index in [1.54, 1.807) is 24.3 Å². The number of halogens is 2. The normalized spacial score (nSPS) is 10.3. The van der Waals surface area contributed by atoms with E-state index < -0.39 is 6.61 Å². The number of amides is 3. The molecule has 2 aromatic carbocycles. The van der Waals surface area contributed by atoms with Gasteiger partial charge in [0.2, 0.25) is 5.91 Å². The molecule has 27 heavy (non-hydrogen) atoms. The molecule has 0 saturated heterocycles. The molecular weight excluding hydrogens is 356 g/mol. The Morgan fingerprint density at radius 3 is 2.30 bits per heavy atom. The van der Waals surface area contributed by atoms with E-state index in [0.29, 0.717) is 18.7 Å². The highest BCUT2D eigenvalue weighted by atomic mass is 19.3. The van der Waals surface area contributed by atoms with E-state index >= 15 is 0 Å². The monoisotopic (exact) mass is 377 g/mol. The second-order valence-corrected chi connectivity index (χ2v) is 5.62. The van der Waals surface area contributed by atoms with Crippen LogP contribution in [0, 0.1) is 0 Å². The molecule has 0 aliphatic rings. The predicted molar refractivity (Wildman–Crippen MR) is 97.9 cm³/mol. The Kier molecular flexibility index (Phi) is 8.02. The zero-order valence-electron chi connectivity index (χ0n) is 14.6. The van der Waals surface area contributed by atoms with Gasteiger partial charge in [0.25, 0.3) is 0 Å². The second kappa shape index (κ2) is 10.7. The number of nitrogens with one attached hydrogen (secondary N) is 3. The van der Waals surface area contributed by atoms with Crippen molar-refractivity contribution in [3.05, 3.63) is 60.2 Å². The minimum absolute atomic E-state index is 0.0950. The highest BCUT2D eigenvalue weighted by molar-refractivity contribution is 5.89. The Bertz CT molecular complexity index is 725. The summed E-state index contributed by atoms with van der Waals surface area (Å²) in [5.74, 6) is -0.0923. The Labute approximate surface area is 155 Å². The van der Waals surface area contributed by atoms with Gasteiger partial charge in [0, 0.05) is 25.2 Å². The van der Waals surface area contributed by atoms with E-state index in [2.05, 4.69) is 20.7 Å². The lowest BCUT2D eigenvalue weighted by molar-refractivity contribution is -0.120. The molecule has 0 radical (unpaired) electrons. The molecule has 0 atom stereocenters. The molecule has 0 aliphatic heterocycles. The maximum absolute atomic E-state index is 12.1. The smallest absolute Gasteiger partial charge is 0.387 e. The topological polar surface area (TPSA) is 79.5 Å². The summed E-state index contributed by atoms with van der Waals surface area (Å²) in [5, 5.41) is 8.00. The molecule has 3 amide bonds. The van der Waals surface area contributed by atoms with Crippen molar-refractivity contribution in [1.82, 2.24) is 10.6 Å². The zero-order valence-corrected chi connectivity index (χ0v) is 14.6. The minimum atomic E-state index is -2.85. The van der Waals surface area contributed by atoms with Crippen LogP contribution in [-0.4, -0.2) is 31.6 Å². The van der Waals surface area contributed by atoms with Crippen LogP contribution < -0.4 is 20.7 Å². The Morgan fingerprint density at radius 2 is 1.63 bits per heavy atom. The fraction of sp³-hybridized carbons (Fsp3) is 0.263. The van der Waals surface area contributed by atoms with Crippen LogP contribution in [0.1, 0.15) is 12.0 Å². The summed E-state index contributed by atoms with van der Waals surface area (Å²) < 4.78 is 28.4. The fourth-order valence-electron chi connectivity index (χ4n) is 2.26. The van der Waals surface area contributed by atoms with Crippen LogP contribution in [0.5, 0.6) is 5.75 Å². The van der Waals surface area contributed by atoms with Gasteiger partial charge < -0.3 is 20.7 Å². The first-order chi connectivity index (χ1) is 13.0. The molecule has 2 rings (SSSR count). The lowest BCUT2D eigenvalue weighted by Crippen LogP contribution is -2.33. The number of urea groups is 1. The maximum atomic E-state index is 12.1. The highest BCUT2D eigenvalue weighted by Crippen LogP contribution is 2.14. The third kappa shape index (κ3) is 8.17. The van der Waals surface area contributed by atoms with E-state index in [-0.39, 0.29) is 30.7 Å². The van der Waals surface area contributed by atoms with Gasteiger partial charge in [0.15, 0.2) is 0 Å². The molecule has 0 heterocycles. The number of hydrogen-bond donors (Lipinski definition) is 3. The van der Waals surface area contributed by atoms with Crippen molar-refractivity contribution in [2.75, 3.05) is 18.4 Å². The quantitative estimate of drug-likeness (QED) is 0.628. The predicted octanol–water partition coefficient (Wildman–Crippen LogP) is 3.16. The molecule has 0 fully saturated rings. The molecule has 144 valence electrons. The molecule has 8 heteroatoms. The number of carbonyl (C=O) groups is 2. The van der Waals surface area contributed by atoms with Gasteiger partial charge in [-0.1, -0.05) is 30.3 Å². The number of ether oxygens (including phenoxy) is 1. The maximum Gasteiger partial charge on any atom is 0.387 e. The fourth-order valence-corrected chi connectivity index (χ4v) is 2.26. The highest BCUT2D eigenvalue weighted by Gasteiger charge is 2.05. The average molecular weight is 377 g/mol. The molecule has 0 aliphatic carbocycles. The van der Waals surface area contributed by atoms with Crippen LogP contribution in [0.2, 0.25) is 0 Å². The van der Waals surface area contributed by atoms with Crippen LogP contribution in [0.15, 0.2) is 54.6 Å². The first-order valence-electron chi connectivity index (χ1n) is 8.43. The van der Waals surface area contributed by atoms with Crippen molar-refractivity contribution in [2.45, 2.75) is 19.5 Å². The second-order valence-electron chi connectivity index (χ2n) is 5.62. The van der Waals surface area contributed by atoms with Gasteiger partial charge in [0.05, 0.1) is 0 Å². The number of benzene rings is 2. The lowest BCUT2D eigenvalue weighted by atomic mass is 10.1. The van der Waals surface area contributed by atoms with Crippen LogP contribution in [0.3, 0.4) is 0 Å². The van der Waals surface area contributed by atoms with Crippen molar-refractivity contribution in [3.63, 3.8) is 0 Å². The summed E-state index contributed by atoms with van der Waals surface area (Å²) in [7, 11) is 0. The van der Waals surface area contributed by atoms with Crippen molar-refractivity contribution in [1.29, 1.82) is 0 Å². The van der Waals surface area contributed by atoms with Crippen molar-refractivity contribution in [2.24, 2.45) is 0 Å². The van der Waals surface area contributed by atoms with E-state index in [0.717, 1.165) is 5.56 Å². The summed E-state index contributed by atoms with van der Waals surface area (Å²) in [6, 6.07) is 14.9. The van der Waals surface area contributed by atoms with Crippen molar-refractivity contribution in [3.8, 4) is 5.75 Å². The number of hydrogen-bond acceptors (Lipinski definition) is 3. The summed E-state index contributed by atoms with van der Waals surface area (Å²) in [4.78, 5) is 23.4. The van der Waals surface area contributed by atoms with Crippen LogP contribution in [-0.2, 0) is 11.2 Å². The SMILES string of the molecule is O=C(CCNC(=O)Nc1ccccc1)NCCc1ccc(OC(F)F)cc1. The van der Waals surface area contributed by atoms with Gasteiger partial charge in [-0.05, 0) is 36.2 Å². The van der Waals surface area contributed by atoms with Gasteiger partial charge in [-0.15, -0.1) is 0 Å². The van der Waals surface area contributed by atoms with Gasteiger partial charge >= 0.3 is 12.6 Å². The Hall–Kier alpha value is -3.16. The third-order valence-electron chi connectivity index (χ3n) is 3.55. The minimum Gasteiger partial charge on any atom is -0.435 e. The summed E-state index contributed by atoms with van der Waals surface area (Å²) in [6.07, 6.45) is 0.714. The van der Waals surface area contributed by atoms with Crippen LogP contribution in [0.25, 0.3) is 0 Å². The molecule has 0 unspecified atom stereocenters. The molecule has 6 nitrogen and oxygen atoms in total. The van der Waals surface area contributed by atoms with Crippen molar-refractivity contribution >= 4 is 17.6 Å². The largest absolute Gasteiger partial charge is 0.435 e. The lowest BCUT2D eigenvalue weighted by Gasteiger charge is -2.09. The summed E-state index contributed by atoms with van der Waals surface area (Å²) in [6.45, 7) is -2.23. The van der Waals surface area contributed by atoms with E-state index in [9.17, 15) is 18.4 Å². The molecule has 0 saturated carbocycles. The van der Waals surface area contributed by atoms with Gasteiger partial charge in [-0.3, -0.25) is 4.79 Å². The van der Waals surface area contributed by atoms with E-state index in [4.69, 9.17) is 0 Å². The summed E-state index contributed by atoms with van der Waals surface area (Å²) >= 11 is 0. The van der Waals surface area contributed by atoms with E-state index in [1.807, 2.05) is 18.2 Å². The molecular formula is C19H21F2N3O3. The number of alkyl halides is 2. The van der Waals surface area contributed by atoms with Crippen molar-refractivity contribution < 1.29 is 23.1 Å². The summed E-state index contributed by atoms with van der Waals surface area (Å²) in [5.41, 5.74) is 1.56. The van der Waals surface area contributed by atoms with Gasteiger partial charge in [0.1, 0.15) is 5.75 Å². The number of anilines is 1. The zero-order chi connectivity index (χ0) is 19.5. The Morgan fingerprint density at radius 1 is 0.926 bits per heavy atom. The van der Waals surface area contributed by atoms with Gasteiger partial charge in [-0.2, -0.15) is 8.78 Å². The van der Waals surface area contributed by atoms with Crippen LogP contribution >= 0.6 is 0 Å². The van der Waals surface area contributed by atoms with Gasteiger partial charge in [-0.25, -0.2) is 4.79 Å². The average Bonchev–Trinajstić information content (AvgIpc) is 2.63. The number of carbonyl (C=O) groups excluding carboxylic acids is 2. The first kappa shape index (κ1) is 20.2. The molecule has 3 N–H and O–H groups in total. The van der Waals surface area contributed by atoms with Crippen LogP contribution in [0.4, 0.5) is 19.3 Å². The first-order valence-corrected chi connectivity index (χ1v) is 8.43. The van der Waals surface area contributed by atoms with E-state index in [1.165, 1.54) is 12.1 Å².